The summed E-state index contributed by atoms with van der Waals surface area (Å²) in [4.78, 5) is 0. The zero-order valence-electron chi connectivity index (χ0n) is 10.9. The Labute approximate surface area is 122 Å². The Kier molecular flexibility index (Phi) is 4.42. The number of nitrogens with one attached hydrogen (secondary N) is 1. The van der Waals surface area contributed by atoms with Crippen molar-refractivity contribution in [3.8, 4) is 11.1 Å². The minimum Gasteiger partial charge on any atom is -0.375 e. The van der Waals surface area contributed by atoms with Gasteiger partial charge in [-0.25, -0.2) is 4.39 Å². The molecule has 0 spiro atoms. The van der Waals surface area contributed by atoms with Crippen LogP contribution in [0.25, 0.3) is 11.1 Å². The Morgan fingerprint density at radius 3 is 2.45 bits per heavy atom. The topological polar surface area (TPSA) is 50.4 Å². The van der Waals surface area contributed by atoms with E-state index in [1.54, 1.807) is 19.2 Å². The summed E-state index contributed by atoms with van der Waals surface area (Å²) in [5.41, 5.74) is 11.1. The molecule has 0 saturated heterocycles. The van der Waals surface area contributed by atoms with Crippen LogP contribution < -0.4 is 11.2 Å². The normalized spacial score (nSPS) is 10.7. The molecule has 0 radical (unpaired) electrons. The lowest BCUT2D eigenvalue weighted by Gasteiger charge is -2.04. The number of benzene rings is 2. The summed E-state index contributed by atoms with van der Waals surface area (Å²) in [6.07, 6.45) is 1.61. The van der Waals surface area contributed by atoms with E-state index in [1.165, 1.54) is 6.07 Å². The highest BCUT2D eigenvalue weighted by atomic mass is 32.1. The van der Waals surface area contributed by atoms with E-state index < -0.39 is 0 Å². The molecule has 5 heteroatoms. The van der Waals surface area contributed by atoms with E-state index in [2.05, 4.69) is 22.7 Å². The van der Waals surface area contributed by atoms with Crippen LogP contribution in [0, 0.1) is 12.7 Å². The Hall–Kier alpha value is -2.27. The van der Waals surface area contributed by atoms with Gasteiger partial charge in [-0.2, -0.15) is 5.10 Å². The zero-order valence-corrected chi connectivity index (χ0v) is 11.7. The minimum absolute atomic E-state index is 0.119. The molecule has 2 rings (SSSR count). The molecule has 3 N–H and O–H groups in total. The van der Waals surface area contributed by atoms with Crippen LogP contribution in [0.2, 0.25) is 0 Å². The second-order valence-electron chi connectivity index (χ2n) is 4.32. The Morgan fingerprint density at radius 2 is 1.85 bits per heavy atom. The molecule has 0 amide bonds. The highest BCUT2D eigenvalue weighted by Crippen LogP contribution is 2.21. The monoisotopic (exact) mass is 287 g/mol. The van der Waals surface area contributed by atoms with Gasteiger partial charge in [0.1, 0.15) is 5.82 Å². The van der Waals surface area contributed by atoms with Crippen LogP contribution in [0.3, 0.4) is 0 Å². The third-order valence-corrected chi connectivity index (χ3v) is 2.90. The molecule has 0 aliphatic heterocycles. The van der Waals surface area contributed by atoms with Crippen LogP contribution in [-0.4, -0.2) is 11.3 Å². The van der Waals surface area contributed by atoms with Crippen LogP contribution in [-0.2, 0) is 0 Å². The summed E-state index contributed by atoms with van der Waals surface area (Å²) in [6.45, 7) is 1.74. The Bertz CT molecular complexity index is 651. The van der Waals surface area contributed by atoms with Crippen molar-refractivity contribution >= 4 is 23.5 Å². The predicted molar refractivity (Wildman–Crippen MR) is 84.1 cm³/mol. The van der Waals surface area contributed by atoms with Gasteiger partial charge in [-0.1, -0.05) is 36.4 Å². The maximum atomic E-state index is 13.5. The average Bonchev–Trinajstić information content (AvgIpc) is 2.42. The predicted octanol–water partition coefficient (Wildman–Crippen LogP) is 2.97. The SMILES string of the molecule is Cc1ccc(-c2ccc(C=NNC(N)=S)cc2)cc1F. The molecule has 0 heterocycles. The number of nitrogens with zero attached hydrogens (tertiary/aromatic N) is 1. The molecule has 0 atom stereocenters. The summed E-state index contributed by atoms with van der Waals surface area (Å²) < 4.78 is 13.5. The van der Waals surface area contributed by atoms with E-state index in [0.717, 1.165) is 16.7 Å². The standard InChI is InChI=1S/C15H14FN3S/c1-10-2-5-13(8-14(10)16)12-6-3-11(4-7-12)9-18-19-15(17)20/h2-9H,1H3,(H3,17,19,20). The molecule has 102 valence electrons. The Morgan fingerprint density at radius 1 is 1.20 bits per heavy atom. The maximum absolute atomic E-state index is 13.5. The van der Waals surface area contributed by atoms with Crippen molar-refractivity contribution in [2.75, 3.05) is 0 Å². The molecule has 0 aliphatic rings. The van der Waals surface area contributed by atoms with Gasteiger partial charge in [0.15, 0.2) is 5.11 Å². The molecule has 0 bridgehead atoms. The highest BCUT2D eigenvalue weighted by Gasteiger charge is 2.01. The lowest BCUT2D eigenvalue weighted by Crippen LogP contribution is -2.23. The van der Waals surface area contributed by atoms with Gasteiger partial charge < -0.3 is 5.73 Å². The first-order valence-corrected chi connectivity index (χ1v) is 6.42. The van der Waals surface area contributed by atoms with Gasteiger partial charge in [0.05, 0.1) is 6.21 Å². The van der Waals surface area contributed by atoms with Crippen molar-refractivity contribution in [3.05, 3.63) is 59.4 Å². The number of nitrogens with two attached hydrogens (primary N) is 1. The number of rotatable bonds is 3. The molecular weight excluding hydrogens is 273 g/mol. The summed E-state index contributed by atoms with van der Waals surface area (Å²) in [7, 11) is 0. The largest absolute Gasteiger partial charge is 0.375 e. The fourth-order valence-corrected chi connectivity index (χ4v) is 1.76. The van der Waals surface area contributed by atoms with Gasteiger partial charge >= 0.3 is 0 Å². The number of hydrogen-bond donors (Lipinski definition) is 2. The van der Waals surface area contributed by atoms with Crippen LogP contribution in [0.5, 0.6) is 0 Å². The van der Waals surface area contributed by atoms with Crippen LogP contribution in [0.1, 0.15) is 11.1 Å². The average molecular weight is 287 g/mol. The minimum atomic E-state index is -0.200. The summed E-state index contributed by atoms with van der Waals surface area (Å²) in [6, 6.07) is 12.8. The third kappa shape index (κ3) is 3.61. The van der Waals surface area contributed by atoms with Crippen LogP contribution in [0.4, 0.5) is 4.39 Å². The van der Waals surface area contributed by atoms with Gasteiger partial charge in [0.25, 0.3) is 0 Å². The molecule has 3 nitrogen and oxygen atoms in total. The smallest absolute Gasteiger partial charge is 0.184 e. The van der Waals surface area contributed by atoms with Gasteiger partial charge in [-0.15, -0.1) is 0 Å². The van der Waals surface area contributed by atoms with Crippen molar-refractivity contribution in [1.29, 1.82) is 0 Å². The van der Waals surface area contributed by atoms with Crippen LogP contribution in [0.15, 0.2) is 47.6 Å². The molecule has 20 heavy (non-hydrogen) atoms. The van der Waals surface area contributed by atoms with Crippen molar-refractivity contribution < 1.29 is 4.39 Å². The number of hydrazone groups is 1. The molecule has 2 aromatic carbocycles. The third-order valence-electron chi connectivity index (χ3n) is 2.80. The molecule has 0 unspecified atom stereocenters. The van der Waals surface area contributed by atoms with Crippen LogP contribution >= 0.6 is 12.2 Å². The van der Waals surface area contributed by atoms with E-state index >= 15 is 0 Å². The number of thiocarbonyl (C=S) groups is 1. The summed E-state index contributed by atoms with van der Waals surface area (Å²) in [5, 5.41) is 3.99. The molecule has 0 aromatic heterocycles. The van der Waals surface area contributed by atoms with Gasteiger partial charge in [-0.3, -0.25) is 5.43 Å². The van der Waals surface area contributed by atoms with E-state index in [-0.39, 0.29) is 10.9 Å². The maximum Gasteiger partial charge on any atom is 0.184 e. The lowest BCUT2D eigenvalue weighted by atomic mass is 10.0. The zero-order chi connectivity index (χ0) is 14.5. The molecule has 0 aliphatic carbocycles. The van der Waals surface area contributed by atoms with Crippen molar-refractivity contribution in [3.63, 3.8) is 0 Å². The van der Waals surface area contributed by atoms with Gasteiger partial charge in [0, 0.05) is 0 Å². The molecule has 2 aromatic rings. The second kappa shape index (κ2) is 6.25. The van der Waals surface area contributed by atoms with Crippen molar-refractivity contribution in [2.45, 2.75) is 6.92 Å². The Balaban J connectivity index is 2.17. The van der Waals surface area contributed by atoms with Crippen molar-refractivity contribution in [2.24, 2.45) is 10.8 Å². The number of hydrogen-bond acceptors (Lipinski definition) is 2. The summed E-state index contributed by atoms with van der Waals surface area (Å²) >= 11 is 4.64. The summed E-state index contributed by atoms with van der Waals surface area (Å²) in [5.74, 6) is -0.200. The molecule has 0 saturated carbocycles. The van der Waals surface area contributed by atoms with Gasteiger partial charge in [0.2, 0.25) is 0 Å². The quantitative estimate of drug-likeness (QED) is 0.518. The number of aryl methyl sites for hydroxylation is 1. The van der Waals surface area contributed by atoms with Gasteiger partial charge in [-0.05, 0) is 47.5 Å². The van der Waals surface area contributed by atoms with E-state index in [9.17, 15) is 4.39 Å². The fourth-order valence-electron chi connectivity index (χ4n) is 1.70. The molecule has 0 fully saturated rings. The van der Waals surface area contributed by atoms with E-state index in [4.69, 9.17) is 5.73 Å². The van der Waals surface area contributed by atoms with E-state index in [0.29, 0.717) is 5.56 Å². The highest BCUT2D eigenvalue weighted by molar-refractivity contribution is 7.80. The molecular formula is C15H14FN3S. The lowest BCUT2D eigenvalue weighted by molar-refractivity contribution is 0.619. The first-order chi connectivity index (χ1) is 9.56. The van der Waals surface area contributed by atoms with Crippen molar-refractivity contribution in [1.82, 2.24) is 5.43 Å². The number of halogens is 1. The second-order valence-corrected chi connectivity index (χ2v) is 4.76. The van der Waals surface area contributed by atoms with E-state index in [1.807, 2.05) is 30.3 Å². The first-order valence-electron chi connectivity index (χ1n) is 6.01. The fraction of sp³-hybridized carbons (Fsp3) is 0.0667. The first kappa shape index (κ1) is 14.1.